The van der Waals surface area contributed by atoms with E-state index in [9.17, 15) is 4.79 Å². The summed E-state index contributed by atoms with van der Waals surface area (Å²) in [6.07, 6.45) is 2.51. The molecular weight excluding hydrogens is 364 g/mol. The number of hydrogen-bond donors (Lipinski definition) is 2. The molecule has 3 heterocycles. The van der Waals surface area contributed by atoms with Crippen LogP contribution >= 0.6 is 11.6 Å². The molecule has 4 rings (SSSR count). The van der Waals surface area contributed by atoms with Gasteiger partial charge < -0.3 is 15.1 Å². The number of hydrogen-bond acceptors (Lipinski definition) is 4. The van der Waals surface area contributed by atoms with Crippen molar-refractivity contribution in [3.05, 3.63) is 59.4 Å². The summed E-state index contributed by atoms with van der Waals surface area (Å²) in [6, 6.07) is 12.9. The molecule has 1 fully saturated rings. The second-order valence-electron chi connectivity index (χ2n) is 6.83. The van der Waals surface area contributed by atoms with E-state index in [1.807, 2.05) is 18.2 Å². The quantitative estimate of drug-likeness (QED) is 0.722. The molecule has 7 heteroatoms. The first-order chi connectivity index (χ1) is 13.1. The fourth-order valence-corrected chi connectivity index (χ4v) is 3.55. The molecule has 0 bridgehead atoms. The highest BCUT2D eigenvalue weighted by Gasteiger charge is 2.25. The van der Waals surface area contributed by atoms with Crippen LogP contribution in [-0.2, 0) is 0 Å². The number of aromatic nitrogens is 2. The Morgan fingerprint density at radius 2 is 2.22 bits per heavy atom. The molecule has 3 aromatic rings. The van der Waals surface area contributed by atoms with Gasteiger partial charge in [-0.1, -0.05) is 24.6 Å². The molecule has 1 aliphatic rings. The summed E-state index contributed by atoms with van der Waals surface area (Å²) in [7, 11) is 0. The predicted octanol–water partition coefficient (Wildman–Crippen LogP) is 3.51. The normalized spacial score (nSPS) is 19.8. The maximum absolute atomic E-state index is 12.8. The summed E-state index contributed by atoms with van der Waals surface area (Å²) in [5, 5.41) is 11.6. The monoisotopic (exact) mass is 384 g/mol. The van der Waals surface area contributed by atoms with E-state index < -0.39 is 0 Å². The van der Waals surface area contributed by atoms with Gasteiger partial charge in [-0.05, 0) is 55.8 Å². The Balaban J connectivity index is 1.68. The molecule has 1 amide bonds. The van der Waals surface area contributed by atoms with Crippen LogP contribution in [0.4, 0.5) is 0 Å². The standard InChI is InChI=1S/C20H21ClN4O2/c1-13-12-22-8-7-16(13)23-20(26)17-11-18(19-6-3-9-27-19)25(24-17)15-5-2-4-14(21)10-15/h2-6,9-11,13,16,22H,7-8,12H2,1H3,(H,23,26). The molecule has 2 unspecified atom stereocenters. The Morgan fingerprint density at radius 1 is 1.33 bits per heavy atom. The first kappa shape index (κ1) is 17.8. The third kappa shape index (κ3) is 3.77. The van der Waals surface area contributed by atoms with E-state index in [1.165, 1.54) is 0 Å². The van der Waals surface area contributed by atoms with Crippen molar-refractivity contribution >= 4 is 17.5 Å². The molecule has 0 radical (unpaired) electrons. The largest absolute Gasteiger partial charge is 0.463 e. The Hall–Kier alpha value is -2.57. The van der Waals surface area contributed by atoms with E-state index in [0.29, 0.717) is 28.1 Å². The van der Waals surface area contributed by atoms with Crippen LogP contribution in [0, 0.1) is 5.92 Å². The molecule has 1 saturated heterocycles. The van der Waals surface area contributed by atoms with Gasteiger partial charge in [0, 0.05) is 17.1 Å². The maximum Gasteiger partial charge on any atom is 0.272 e. The highest BCUT2D eigenvalue weighted by atomic mass is 35.5. The first-order valence-electron chi connectivity index (χ1n) is 9.03. The highest BCUT2D eigenvalue weighted by Crippen LogP contribution is 2.26. The van der Waals surface area contributed by atoms with Crippen LogP contribution in [0.25, 0.3) is 17.1 Å². The van der Waals surface area contributed by atoms with Gasteiger partial charge in [0.05, 0.1) is 12.0 Å². The van der Waals surface area contributed by atoms with Gasteiger partial charge in [0.15, 0.2) is 11.5 Å². The van der Waals surface area contributed by atoms with Crippen LogP contribution in [0.1, 0.15) is 23.8 Å². The van der Waals surface area contributed by atoms with Gasteiger partial charge in [0.2, 0.25) is 0 Å². The van der Waals surface area contributed by atoms with Crippen molar-refractivity contribution in [1.29, 1.82) is 0 Å². The maximum atomic E-state index is 12.8. The topological polar surface area (TPSA) is 72.1 Å². The summed E-state index contributed by atoms with van der Waals surface area (Å²) >= 11 is 6.14. The van der Waals surface area contributed by atoms with Crippen LogP contribution in [0.5, 0.6) is 0 Å². The van der Waals surface area contributed by atoms with Crippen molar-refractivity contribution in [2.24, 2.45) is 5.92 Å². The number of nitrogens with one attached hydrogen (secondary N) is 2. The van der Waals surface area contributed by atoms with Gasteiger partial charge in [0.1, 0.15) is 5.69 Å². The summed E-state index contributed by atoms with van der Waals surface area (Å²) < 4.78 is 7.22. The summed E-state index contributed by atoms with van der Waals surface area (Å²) in [6.45, 7) is 3.94. The fourth-order valence-electron chi connectivity index (χ4n) is 3.37. The molecule has 0 spiro atoms. The molecule has 6 nitrogen and oxygen atoms in total. The van der Waals surface area contributed by atoms with Gasteiger partial charge in [-0.3, -0.25) is 4.79 Å². The Labute approximate surface area is 162 Å². The van der Waals surface area contributed by atoms with E-state index in [-0.39, 0.29) is 11.9 Å². The van der Waals surface area contributed by atoms with Crippen molar-refractivity contribution < 1.29 is 9.21 Å². The summed E-state index contributed by atoms with van der Waals surface area (Å²) in [5.74, 6) is 0.835. The van der Waals surface area contributed by atoms with Gasteiger partial charge in [0.25, 0.3) is 5.91 Å². The second-order valence-corrected chi connectivity index (χ2v) is 7.27. The molecule has 2 N–H and O–H groups in total. The molecule has 140 valence electrons. The van der Waals surface area contributed by atoms with Gasteiger partial charge >= 0.3 is 0 Å². The second kappa shape index (κ2) is 7.58. The van der Waals surface area contributed by atoms with Crippen LogP contribution < -0.4 is 10.6 Å². The van der Waals surface area contributed by atoms with E-state index in [1.54, 1.807) is 35.2 Å². The predicted molar refractivity (Wildman–Crippen MR) is 104 cm³/mol. The lowest BCUT2D eigenvalue weighted by Gasteiger charge is -2.29. The number of carbonyl (C=O) groups excluding carboxylic acids is 1. The Kier molecular flexibility index (Phi) is 5.01. The van der Waals surface area contributed by atoms with Gasteiger partial charge in [-0.15, -0.1) is 0 Å². The molecule has 2 atom stereocenters. The zero-order valence-electron chi connectivity index (χ0n) is 15.0. The lowest BCUT2D eigenvalue weighted by Crippen LogP contribution is -2.48. The number of carbonyl (C=O) groups is 1. The average molecular weight is 385 g/mol. The van der Waals surface area contributed by atoms with Crippen molar-refractivity contribution in [1.82, 2.24) is 20.4 Å². The van der Waals surface area contributed by atoms with Crippen molar-refractivity contribution in [3.8, 4) is 17.1 Å². The smallest absolute Gasteiger partial charge is 0.272 e. The van der Waals surface area contributed by atoms with E-state index in [0.717, 1.165) is 25.2 Å². The lowest BCUT2D eigenvalue weighted by atomic mass is 9.95. The number of benzene rings is 1. The molecule has 1 aliphatic heterocycles. The molecule has 1 aromatic carbocycles. The minimum atomic E-state index is -0.178. The number of amides is 1. The Morgan fingerprint density at radius 3 is 2.96 bits per heavy atom. The summed E-state index contributed by atoms with van der Waals surface area (Å²) in [5.41, 5.74) is 1.82. The zero-order valence-corrected chi connectivity index (χ0v) is 15.7. The number of furan rings is 1. The van der Waals surface area contributed by atoms with E-state index >= 15 is 0 Å². The van der Waals surface area contributed by atoms with Crippen molar-refractivity contribution in [2.45, 2.75) is 19.4 Å². The number of piperidine rings is 1. The fraction of sp³-hybridized carbons (Fsp3) is 0.300. The van der Waals surface area contributed by atoms with Gasteiger partial charge in [-0.2, -0.15) is 5.10 Å². The molecule has 0 saturated carbocycles. The van der Waals surface area contributed by atoms with E-state index in [4.69, 9.17) is 16.0 Å². The highest BCUT2D eigenvalue weighted by molar-refractivity contribution is 6.30. The third-order valence-corrected chi connectivity index (χ3v) is 5.11. The Bertz CT molecular complexity index is 935. The summed E-state index contributed by atoms with van der Waals surface area (Å²) in [4.78, 5) is 12.8. The number of halogens is 1. The van der Waals surface area contributed by atoms with Crippen molar-refractivity contribution in [2.75, 3.05) is 13.1 Å². The van der Waals surface area contributed by atoms with E-state index in [2.05, 4.69) is 22.7 Å². The van der Waals surface area contributed by atoms with Crippen LogP contribution in [0.15, 0.2) is 53.1 Å². The van der Waals surface area contributed by atoms with Crippen LogP contribution in [-0.4, -0.2) is 34.8 Å². The van der Waals surface area contributed by atoms with Crippen LogP contribution in [0.3, 0.4) is 0 Å². The lowest BCUT2D eigenvalue weighted by molar-refractivity contribution is 0.0908. The number of nitrogens with zero attached hydrogens (tertiary/aromatic N) is 2. The molecule has 0 aliphatic carbocycles. The van der Waals surface area contributed by atoms with Crippen LogP contribution in [0.2, 0.25) is 5.02 Å². The SMILES string of the molecule is CC1CNCCC1NC(=O)c1cc(-c2ccco2)n(-c2cccc(Cl)c2)n1. The van der Waals surface area contributed by atoms with Crippen molar-refractivity contribution in [3.63, 3.8) is 0 Å². The van der Waals surface area contributed by atoms with Gasteiger partial charge in [-0.25, -0.2) is 4.68 Å². The number of rotatable bonds is 4. The minimum Gasteiger partial charge on any atom is -0.463 e. The molecular formula is C20H21ClN4O2. The molecule has 27 heavy (non-hydrogen) atoms. The molecule has 2 aromatic heterocycles. The minimum absolute atomic E-state index is 0.141. The third-order valence-electron chi connectivity index (χ3n) is 4.87. The average Bonchev–Trinajstić information content (AvgIpc) is 3.33. The first-order valence-corrected chi connectivity index (χ1v) is 9.41. The zero-order chi connectivity index (χ0) is 18.8.